The Hall–Kier alpha value is -1.22. The van der Waals surface area contributed by atoms with Crippen molar-refractivity contribution in [2.75, 3.05) is 19.6 Å². The number of carbonyl (C=O) groups excluding carboxylic acids is 2. The minimum atomic E-state index is 0.154. The number of carbonyl (C=O) groups is 2. The van der Waals surface area contributed by atoms with Crippen LogP contribution in [0.25, 0.3) is 0 Å². The van der Waals surface area contributed by atoms with Crippen LogP contribution >= 0.6 is 0 Å². The van der Waals surface area contributed by atoms with Gasteiger partial charge in [0, 0.05) is 31.7 Å². The van der Waals surface area contributed by atoms with Crippen molar-refractivity contribution < 1.29 is 9.59 Å². The molecule has 3 nitrogen and oxygen atoms in total. The van der Waals surface area contributed by atoms with E-state index in [2.05, 4.69) is 56.9 Å². The Balaban J connectivity index is 4.07. The molecule has 0 aliphatic heterocycles. The van der Waals surface area contributed by atoms with E-state index in [1.807, 2.05) is 0 Å². The molecular formula is C32H59NO2. The van der Waals surface area contributed by atoms with Gasteiger partial charge < -0.3 is 4.90 Å². The molecule has 0 saturated carbocycles. The monoisotopic (exact) mass is 489 g/mol. The van der Waals surface area contributed by atoms with Gasteiger partial charge in [-0.1, -0.05) is 84.1 Å². The van der Waals surface area contributed by atoms with E-state index in [1.165, 1.54) is 51.4 Å². The second kappa shape index (κ2) is 25.9. The molecule has 0 aromatic heterocycles. The lowest BCUT2D eigenvalue weighted by atomic mass is 9.97. The lowest BCUT2D eigenvalue weighted by Gasteiger charge is -2.22. The third kappa shape index (κ3) is 23.0. The number of nitrogens with zero attached hydrogens (tertiary/aromatic N) is 1. The summed E-state index contributed by atoms with van der Waals surface area (Å²) in [5, 5.41) is 0. The Morgan fingerprint density at radius 1 is 0.600 bits per heavy atom. The van der Waals surface area contributed by atoms with Crippen LogP contribution < -0.4 is 0 Å². The zero-order valence-electron chi connectivity index (χ0n) is 24.0. The van der Waals surface area contributed by atoms with Crippen LogP contribution in [-0.2, 0) is 9.59 Å². The van der Waals surface area contributed by atoms with Gasteiger partial charge in [-0.2, -0.15) is 0 Å². The summed E-state index contributed by atoms with van der Waals surface area (Å²) in [7, 11) is 0. The maximum atomic E-state index is 12.6. The van der Waals surface area contributed by atoms with Crippen molar-refractivity contribution in [2.24, 2.45) is 5.92 Å². The minimum Gasteiger partial charge on any atom is -0.303 e. The molecule has 0 N–H and O–H groups in total. The van der Waals surface area contributed by atoms with Gasteiger partial charge in [-0.05, 0) is 77.3 Å². The van der Waals surface area contributed by atoms with Crippen molar-refractivity contribution in [2.45, 2.75) is 143 Å². The van der Waals surface area contributed by atoms with E-state index in [9.17, 15) is 9.59 Å². The molecule has 35 heavy (non-hydrogen) atoms. The van der Waals surface area contributed by atoms with Crippen LogP contribution in [0, 0.1) is 5.92 Å². The van der Waals surface area contributed by atoms with Crippen LogP contribution in [0.15, 0.2) is 24.3 Å². The molecule has 0 spiro atoms. The second-order valence-electron chi connectivity index (χ2n) is 10.4. The summed E-state index contributed by atoms with van der Waals surface area (Å²) in [4.78, 5) is 27.3. The molecule has 0 radical (unpaired) electrons. The Bertz CT molecular complexity index is 552. The lowest BCUT2D eigenvalue weighted by molar-refractivity contribution is -0.123. The minimum absolute atomic E-state index is 0.154. The van der Waals surface area contributed by atoms with Crippen LogP contribution in [0.4, 0.5) is 0 Å². The van der Waals surface area contributed by atoms with Crippen LogP contribution in [0.1, 0.15) is 143 Å². The van der Waals surface area contributed by atoms with Gasteiger partial charge in [-0.15, -0.1) is 0 Å². The molecule has 0 bridgehead atoms. The van der Waals surface area contributed by atoms with Gasteiger partial charge in [0.15, 0.2) is 0 Å². The topological polar surface area (TPSA) is 37.4 Å². The van der Waals surface area contributed by atoms with Crippen molar-refractivity contribution in [1.82, 2.24) is 4.90 Å². The highest BCUT2D eigenvalue weighted by Gasteiger charge is 2.13. The standard InChI is InChI=1S/C32H59NO2/c1-5-8-11-13-15-17-19-21-24-31(34)26-29-33(27-10-7-3)28-22-25-32(35)30(4)23-20-18-16-14-12-9-6-2/h15-18,30H,5-14,19-29H2,1-4H3/b17-15-,18-16-. The molecule has 0 amide bonds. The Kier molecular flexibility index (Phi) is 25.0. The van der Waals surface area contributed by atoms with Crippen molar-refractivity contribution >= 4 is 11.6 Å². The van der Waals surface area contributed by atoms with E-state index in [0.29, 0.717) is 30.8 Å². The van der Waals surface area contributed by atoms with Crippen molar-refractivity contribution in [1.29, 1.82) is 0 Å². The second-order valence-corrected chi connectivity index (χ2v) is 10.4. The van der Waals surface area contributed by atoms with Crippen molar-refractivity contribution in [3.8, 4) is 0 Å². The number of unbranched alkanes of at least 4 members (excludes halogenated alkanes) is 8. The van der Waals surface area contributed by atoms with E-state index < -0.39 is 0 Å². The molecule has 3 heteroatoms. The molecule has 0 aliphatic rings. The van der Waals surface area contributed by atoms with E-state index in [0.717, 1.165) is 64.6 Å². The third-order valence-electron chi connectivity index (χ3n) is 6.86. The average molecular weight is 490 g/mol. The first-order chi connectivity index (χ1) is 17.0. The zero-order valence-corrected chi connectivity index (χ0v) is 24.0. The molecule has 0 saturated heterocycles. The Morgan fingerprint density at radius 2 is 1.14 bits per heavy atom. The van der Waals surface area contributed by atoms with Gasteiger partial charge >= 0.3 is 0 Å². The maximum Gasteiger partial charge on any atom is 0.135 e. The fourth-order valence-corrected chi connectivity index (χ4v) is 4.27. The Labute approximate surface area is 219 Å². The predicted molar refractivity (Wildman–Crippen MR) is 154 cm³/mol. The van der Waals surface area contributed by atoms with Crippen LogP contribution in [-0.4, -0.2) is 36.1 Å². The first kappa shape index (κ1) is 33.8. The summed E-state index contributed by atoms with van der Waals surface area (Å²) in [5.74, 6) is 0.943. The first-order valence-corrected chi connectivity index (χ1v) is 15.1. The van der Waals surface area contributed by atoms with E-state index in [4.69, 9.17) is 0 Å². The van der Waals surface area contributed by atoms with Crippen LogP contribution in [0.2, 0.25) is 0 Å². The highest BCUT2D eigenvalue weighted by atomic mass is 16.1. The number of ketones is 2. The number of hydrogen-bond donors (Lipinski definition) is 0. The van der Waals surface area contributed by atoms with Crippen LogP contribution in [0.5, 0.6) is 0 Å². The molecule has 204 valence electrons. The largest absolute Gasteiger partial charge is 0.303 e. The lowest BCUT2D eigenvalue weighted by Crippen LogP contribution is -2.29. The number of rotatable bonds is 26. The fourth-order valence-electron chi connectivity index (χ4n) is 4.27. The van der Waals surface area contributed by atoms with E-state index in [1.54, 1.807) is 0 Å². The Morgan fingerprint density at radius 3 is 1.74 bits per heavy atom. The van der Waals surface area contributed by atoms with Crippen LogP contribution in [0.3, 0.4) is 0 Å². The van der Waals surface area contributed by atoms with Crippen molar-refractivity contribution in [3.63, 3.8) is 0 Å². The predicted octanol–water partition coefficient (Wildman–Crippen LogP) is 9.26. The number of Topliss-reactive ketones (excluding diaryl/α,β-unsaturated/α-hetero) is 2. The average Bonchev–Trinajstić information content (AvgIpc) is 2.86. The molecule has 1 unspecified atom stereocenters. The molecule has 1 atom stereocenters. The fraction of sp³-hybridized carbons (Fsp3) is 0.812. The highest BCUT2D eigenvalue weighted by Crippen LogP contribution is 2.13. The highest BCUT2D eigenvalue weighted by molar-refractivity contribution is 5.80. The summed E-state index contributed by atoms with van der Waals surface area (Å²) < 4.78 is 0. The van der Waals surface area contributed by atoms with Gasteiger partial charge in [0.1, 0.15) is 11.6 Å². The summed E-state index contributed by atoms with van der Waals surface area (Å²) >= 11 is 0. The number of hydrogen-bond acceptors (Lipinski definition) is 3. The van der Waals surface area contributed by atoms with Gasteiger partial charge in [0.25, 0.3) is 0 Å². The molecule has 0 rings (SSSR count). The molecular weight excluding hydrogens is 430 g/mol. The van der Waals surface area contributed by atoms with Gasteiger partial charge in [-0.3, -0.25) is 9.59 Å². The van der Waals surface area contributed by atoms with Gasteiger partial charge in [-0.25, -0.2) is 0 Å². The van der Waals surface area contributed by atoms with Crippen molar-refractivity contribution in [3.05, 3.63) is 24.3 Å². The first-order valence-electron chi connectivity index (χ1n) is 15.1. The molecule has 0 aliphatic carbocycles. The summed E-state index contributed by atoms with van der Waals surface area (Å²) in [5.41, 5.74) is 0. The summed E-state index contributed by atoms with van der Waals surface area (Å²) in [6, 6.07) is 0. The smallest absolute Gasteiger partial charge is 0.135 e. The normalized spacial score (nSPS) is 12.8. The van der Waals surface area contributed by atoms with Gasteiger partial charge in [0.2, 0.25) is 0 Å². The quantitative estimate of drug-likeness (QED) is 0.0897. The summed E-state index contributed by atoms with van der Waals surface area (Å²) in [6.45, 7) is 11.6. The maximum absolute atomic E-state index is 12.6. The van der Waals surface area contributed by atoms with E-state index in [-0.39, 0.29) is 5.92 Å². The zero-order chi connectivity index (χ0) is 26.0. The van der Waals surface area contributed by atoms with E-state index >= 15 is 0 Å². The molecule has 0 aromatic carbocycles. The molecule has 0 fully saturated rings. The molecule has 0 aromatic rings. The van der Waals surface area contributed by atoms with Gasteiger partial charge in [0.05, 0.1) is 0 Å². The summed E-state index contributed by atoms with van der Waals surface area (Å²) in [6.07, 6.45) is 28.3. The SMILES string of the molecule is CCCCC/C=C\CCCC(=O)CCN(CCCC)CCCC(=O)C(C)CC/C=C\CCCCC. The molecule has 0 heterocycles. The number of allylic oxidation sites excluding steroid dienone is 4. The third-order valence-corrected chi connectivity index (χ3v) is 6.86.